The quantitative estimate of drug-likeness (QED) is 0.365. The molecular formula is C12H6ClF11N2O. The molecule has 0 spiro atoms. The van der Waals surface area contributed by atoms with Crippen molar-refractivity contribution in [1.29, 1.82) is 0 Å². The smallest absolute Gasteiger partial charge is 0.428 e. The fourth-order valence-corrected chi connectivity index (χ4v) is 1.65. The van der Waals surface area contributed by atoms with E-state index in [0.717, 1.165) is 6.07 Å². The maximum atomic E-state index is 13.4. The Balaban J connectivity index is 3.39. The number of rotatable bonds is 5. The van der Waals surface area contributed by atoms with Crippen molar-refractivity contribution in [1.82, 2.24) is 0 Å². The summed E-state index contributed by atoms with van der Waals surface area (Å²) in [5, 5.41) is -0.708. The Morgan fingerprint density at radius 3 is 1.70 bits per heavy atom. The third-order valence-electron chi connectivity index (χ3n) is 2.93. The number of hydrogen-bond acceptors (Lipinski definition) is 3. The fourth-order valence-electron chi connectivity index (χ4n) is 1.44. The largest absolute Gasteiger partial charge is 0.460 e. The van der Waals surface area contributed by atoms with E-state index in [0.29, 0.717) is 6.07 Å². The SMILES string of the molecule is Nc1cc(Cl)c(OC(F)=C(F)C(F)(F)C(F)(F)C(F)(F)C(F)(F)F)cc1N. The van der Waals surface area contributed by atoms with Crippen molar-refractivity contribution in [2.45, 2.75) is 23.9 Å². The van der Waals surface area contributed by atoms with Gasteiger partial charge in [-0.2, -0.15) is 48.3 Å². The number of alkyl halides is 9. The minimum atomic E-state index is -7.41. The Labute approximate surface area is 147 Å². The van der Waals surface area contributed by atoms with Gasteiger partial charge in [0.25, 0.3) is 0 Å². The zero-order chi connectivity index (χ0) is 21.6. The van der Waals surface area contributed by atoms with Crippen molar-refractivity contribution in [3.05, 3.63) is 29.0 Å². The van der Waals surface area contributed by atoms with Crippen LogP contribution in [-0.4, -0.2) is 23.9 Å². The lowest BCUT2D eigenvalue weighted by Gasteiger charge is -2.32. The lowest BCUT2D eigenvalue weighted by atomic mass is 10.0. The molecule has 0 bridgehead atoms. The molecule has 15 heteroatoms. The standard InChI is InChI=1S/C12H6ClF11N2O/c13-3-1-4(25)5(26)2-6(3)27-8(15)7(14)9(16,17)10(18,19)11(20,21)12(22,23)24/h1-2H,25-26H2. The molecule has 0 saturated carbocycles. The van der Waals surface area contributed by atoms with Crippen LogP contribution in [0.4, 0.5) is 59.7 Å². The first kappa shape index (κ1) is 22.9. The second-order valence-corrected chi connectivity index (χ2v) is 5.23. The van der Waals surface area contributed by atoms with E-state index in [-0.39, 0.29) is 5.69 Å². The monoisotopic (exact) mass is 438 g/mol. The summed E-state index contributed by atoms with van der Waals surface area (Å²) >= 11 is 5.41. The molecule has 1 rings (SSSR count). The van der Waals surface area contributed by atoms with E-state index < -0.39 is 52.2 Å². The highest BCUT2D eigenvalue weighted by Gasteiger charge is 2.83. The average molecular weight is 439 g/mol. The fraction of sp³-hybridized carbons (Fsp3) is 0.333. The van der Waals surface area contributed by atoms with Gasteiger partial charge in [0, 0.05) is 6.07 Å². The van der Waals surface area contributed by atoms with Crippen molar-refractivity contribution < 1.29 is 53.0 Å². The Morgan fingerprint density at radius 2 is 1.26 bits per heavy atom. The molecule has 1 aromatic carbocycles. The molecule has 0 aliphatic carbocycles. The summed E-state index contributed by atoms with van der Waals surface area (Å²) in [6, 6.07) is -2.00. The van der Waals surface area contributed by atoms with E-state index in [9.17, 15) is 48.3 Å². The van der Waals surface area contributed by atoms with Crippen molar-refractivity contribution in [2.75, 3.05) is 11.5 Å². The molecule has 0 unspecified atom stereocenters. The van der Waals surface area contributed by atoms with Gasteiger partial charge in [0.15, 0.2) is 5.75 Å². The van der Waals surface area contributed by atoms with Crippen LogP contribution in [0.2, 0.25) is 5.02 Å². The molecule has 0 aromatic heterocycles. The zero-order valence-electron chi connectivity index (χ0n) is 12.3. The van der Waals surface area contributed by atoms with E-state index in [1.54, 1.807) is 0 Å². The van der Waals surface area contributed by atoms with E-state index >= 15 is 0 Å². The van der Waals surface area contributed by atoms with Crippen LogP contribution in [0.5, 0.6) is 5.75 Å². The minimum Gasteiger partial charge on any atom is -0.428 e. The topological polar surface area (TPSA) is 61.3 Å². The Morgan fingerprint density at radius 1 is 0.815 bits per heavy atom. The van der Waals surface area contributed by atoms with Crippen molar-refractivity contribution in [3.8, 4) is 5.75 Å². The summed E-state index contributed by atoms with van der Waals surface area (Å²) in [7, 11) is 0. The summed E-state index contributed by atoms with van der Waals surface area (Å²) in [5.41, 5.74) is 9.78. The molecular weight excluding hydrogens is 433 g/mol. The molecule has 154 valence electrons. The molecule has 0 radical (unpaired) electrons. The molecule has 4 N–H and O–H groups in total. The molecule has 3 nitrogen and oxygen atoms in total. The first-order valence-electron chi connectivity index (χ1n) is 6.16. The number of allylic oxidation sites excluding steroid dienone is 1. The highest BCUT2D eigenvalue weighted by Crippen LogP contribution is 2.55. The van der Waals surface area contributed by atoms with Crippen LogP contribution in [0, 0.1) is 0 Å². The number of nitrogens with two attached hydrogens (primary N) is 2. The van der Waals surface area contributed by atoms with Gasteiger partial charge >= 0.3 is 30.0 Å². The normalized spacial score (nSPS) is 14.8. The first-order valence-corrected chi connectivity index (χ1v) is 6.54. The summed E-state index contributed by atoms with van der Waals surface area (Å²) in [6.45, 7) is 0. The number of ether oxygens (including phenoxy) is 1. The molecule has 27 heavy (non-hydrogen) atoms. The van der Waals surface area contributed by atoms with Gasteiger partial charge in [0.2, 0.25) is 5.83 Å². The predicted molar refractivity (Wildman–Crippen MR) is 71.0 cm³/mol. The molecule has 0 aliphatic rings. The number of benzene rings is 1. The van der Waals surface area contributed by atoms with Crippen molar-refractivity contribution in [3.63, 3.8) is 0 Å². The van der Waals surface area contributed by atoms with Gasteiger partial charge in [-0.1, -0.05) is 11.6 Å². The maximum absolute atomic E-state index is 13.4. The predicted octanol–water partition coefficient (Wildman–Crippen LogP) is 5.46. The molecule has 1 aromatic rings. The van der Waals surface area contributed by atoms with Gasteiger partial charge in [0.05, 0.1) is 16.4 Å². The summed E-state index contributed by atoms with van der Waals surface area (Å²) in [5.74, 6) is -26.9. The van der Waals surface area contributed by atoms with E-state index in [2.05, 4.69) is 4.74 Å². The Bertz CT molecular complexity index is 760. The van der Waals surface area contributed by atoms with Crippen LogP contribution in [0.25, 0.3) is 0 Å². The van der Waals surface area contributed by atoms with Crippen molar-refractivity contribution >= 4 is 23.0 Å². The third-order valence-corrected chi connectivity index (χ3v) is 3.23. The summed E-state index contributed by atoms with van der Waals surface area (Å²) in [4.78, 5) is 0. The van der Waals surface area contributed by atoms with Crippen LogP contribution >= 0.6 is 11.6 Å². The average Bonchev–Trinajstić information content (AvgIpc) is 2.50. The Kier molecular flexibility index (Phi) is 5.77. The van der Waals surface area contributed by atoms with Crippen LogP contribution in [0.3, 0.4) is 0 Å². The minimum absolute atomic E-state index is 0.251. The highest BCUT2D eigenvalue weighted by atomic mass is 35.5. The molecule has 0 fully saturated rings. The van der Waals surface area contributed by atoms with Gasteiger partial charge in [-0.25, -0.2) is 0 Å². The second-order valence-electron chi connectivity index (χ2n) is 4.82. The van der Waals surface area contributed by atoms with Crippen LogP contribution in [0.1, 0.15) is 0 Å². The summed E-state index contributed by atoms with van der Waals surface area (Å²) in [6.07, 6.45) is -7.20. The molecule has 0 atom stereocenters. The first-order chi connectivity index (χ1) is 11.9. The van der Waals surface area contributed by atoms with Crippen LogP contribution < -0.4 is 16.2 Å². The lowest BCUT2D eigenvalue weighted by molar-refractivity contribution is -0.392. The number of anilines is 2. The molecule has 0 saturated heterocycles. The van der Waals surface area contributed by atoms with Crippen molar-refractivity contribution in [2.24, 2.45) is 0 Å². The van der Waals surface area contributed by atoms with E-state index in [1.165, 1.54) is 0 Å². The summed E-state index contributed by atoms with van der Waals surface area (Å²) < 4.78 is 144. The zero-order valence-corrected chi connectivity index (χ0v) is 13.0. The lowest BCUT2D eigenvalue weighted by Crippen LogP contribution is -2.61. The van der Waals surface area contributed by atoms with Crippen LogP contribution in [-0.2, 0) is 0 Å². The molecule has 0 amide bonds. The number of nitrogen functional groups attached to an aromatic ring is 2. The van der Waals surface area contributed by atoms with Gasteiger partial charge in [-0.3, -0.25) is 0 Å². The maximum Gasteiger partial charge on any atom is 0.460 e. The van der Waals surface area contributed by atoms with Gasteiger partial charge in [-0.05, 0) is 6.07 Å². The number of halogens is 12. The molecule has 0 aliphatic heterocycles. The van der Waals surface area contributed by atoms with Gasteiger partial charge < -0.3 is 16.2 Å². The van der Waals surface area contributed by atoms with E-state index in [4.69, 9.17) is 23.1 Å². The van der Waals surface area contributed by atoms with Crippen LogP contribution in [0.15, 0.2) is 24.0 Å². The second kappa shape index (κ2) is 6.80. The third kappa shape index (κ3) is 3.80. The van der Waals surface area contributed by atoms with Gasteiger partial charge in [-0.15, -0.1) is 0 Å². The van der Waals surface area contributed by atoms with E-state index in [1.807, 2.05) is 0 Å². The highest BCUT2D eigenvalue weighted by molar-refractivity contribution is 6.32. The van der Waals surface area contributed by atoms with Gasteiger partial charge in [0.1, 0.15) is 0 Å². The molecule has 0 heterocycles. The Hall–Kier alpha value is -2.12. The number of hydrogen-bond donors (Lipinski definition) is 2.